The molecule has 2 aromatic rings. The molecule has 4 nitrogen and oxygen atoms in total. The molecule has 0 saturated carbocycles. The number of nitrogens with zero attached hydrogens (tertiary/aromatic N) is 2. The number of amides is 1. The van der Waals surface area contributed by atoms with E-state index in [4.69, 9.17) is 4.74 Å². The van der Waals surface area contributed by atoms with E-state index in [1.54, 1.807) is 0 Å². The van der Waals surface area contributed by atoms with E-state index in [9.17, 15) is 4.79 Å². The summed E-state index contributed by atoms with van der Waals surface area (Å²) < 4.78 is 5.55. The highest BCUT2D eigenvalue weighted by Gasteiger charge is 2.22. The van der Waals surface area contributed by atoms with E-state index in [-0.39, 0.29) is 0 Å². The molecule has 0 bridgehead atoms. The molecule has 1 aliphatic rings. The number of hydrogen-bond donors (Lipinski definition) is 0. The largest absolute Gasteiger partial charge is 0.465 e. The van der Waals surface area contributed by atoms with E-state index in [1.807, 2.05) is 36.1 Å². The second-order valence-corrected chi connectivity index (χ2v) is 5.12. The predicted octanol–water partition coefficient (Wildman–Crippen LogP) is 3.22. The third-order valence-corrected chi connectivity index (χ3v) is 3.75. The fourth-order valence-corrected chi connectivity index (χ4v) is 2.83. The van der Waals surface area contributed by atoms with Crippen LogP contribution < -0.4 is 0 Å². The minimum atomic E-state index is 0.379. The summed E-state index contributed by atoms with van der Waals surface area (Å²) in [5.74, 6) is 0. The zero-order valence-electron chi connectivity index (χ0n) is 12.5. The van der Waals surface area contributed by atoms with Gasteiger partial charge in [0.05, 0.1) is 6.61 Å². The average molecular weight is 294 g/mol. The van der Waals surface area contributed by atoms with E-state index in [0.717, 1.165) is 0 Å². The number of rotatable bonds is 2. The minimum absolute atomic E-state index is 0.379. The minimum Gasteiger partial charge on any atom is -0.465 e. The van der Waals surface area contributed by atoms with Crippen LogP contribution in [0.25, 0.3) is 11.1 Å². The Labute approximate surface area is 130 Å². The first-order valence-electron chi connectivity index (χ1n) is 7.39. The van der Waals surface area contributed by atoms with Gasteiger partial charge in [0.2, 0.25) is 6.41 Å². The van der Waals surface area contributed by atoms with Gasteiger partial charge in [0, 0.05) is 13.1 Å². The fraction of sp³-hybridized carbons (Fsp3) is 0.222. The second kappa shape index (κ2) is 6.43. The number of ether oxygens (including phenoxy) is 1. The first kappa shape index (κ1) is 14.3. The van der Waals surface area contributed by atoms with Gasteiger partial charge in [0.1, 0.15) is 0 Å². The molecule has 0 aromatic heterocycles. The molecule has 0 fully saturated rings. The van der Waals surface area contributed by atoms with Crippen molar-refractivity contribution >= 4 is 12.4 Å². The van der Waals surface area contributed by atoms with Crippen molar-refractivity contribution in [1.29, 1.82) is 0 Å². The second-order valence-electron chi connectivity index (χ2n) is 5.12. The lowest BCUT2D eigenvalue weighted by Gasteiger charge is -2.23. The Morgan fingerprint density at radius 3 is 2.14 bits per heavy atom. The Kier molecular flexibility index (Phi) is 4.19. The van der Waals surface area contributed by atoms with Crippen molar-refractivity contribution in [3.8, 4) is 11.1 Å². The van der Waals surface area contributed by atoms with Gasteiger partial charge < -0.3 is 9.64 Å². The maximum absolute atomic E-state index is 10.8. The SMILES string of the molecule is CCOC(=NC=O)N1Cc2ccccc2-c2ccccc2C1. The number of carbonyl (C=O) groups excluding carboxylic acids is 1. The standard InChI is InChI=1S/C18H18N2O2/c1-2-22-18(19-13-21)20-11-14-7-3-5-9-16(14)17-10-6-4-8-15(17)12-20/h3-10,13H,2,11-12H2,1H3. The van der Waals surface area contributed by atoms with E-state index in [1.165, 1.54) is 22.3 Å². The van der Waals surface area contributed by atoms with Crippen molar-refractivity contribution in [3.05, 3.63) is 59.7 Å². The lowest BCUT2D eigenvalue weighted by Crippen LogP contribution is -2.31. The average Bonchev–Trinajstić information content (AvgIpc) is 2.71. The van der Waals surface area contributed by atoms with Gasteiger partial charge in [0.15, 0.2) is 0 Å². The zero-order chi connectivity index (χ0) is 15.4. The van der Waals surface area contributed by atoms with E-state index in [0.29, 0.717) is 32.1 Å². The highest BCUT2D eigenvalue weighted by Crippen LogP contribution is 2.32. The molecule has 0 aliphatic carbocycles. The summed E-state index contributed by atoms with van der Waals surface area (Å²) in [7, 11) is 0. The van der Waals surface area contributed by atoms with Crippen LogP contribution >= 0.6 is 0 Å². The molecule has 2 aromatic carbocycles. The van der Waals surface area contributed by atoms with Crippen molar-refractivity contribution in [2.24, 2.45) is 4.99 Å². The molecule has 3 rings (SSSR count). The Hall–Kier alpha value is -2.62. The highest BCUT2D eigenvalue weighted by atomic mass is 16.5. The maximum atomic E-state index is 10.8. The van der Waals surface area contributed by atoms with Crippen LogP contribution in [-0.4, -0.2) is 23.9 Å². The quantitative estimate of drug-likeness (QED) is 0.485. The molecule has 0 radical (unpaired) electrons. The van der Waals surface area contributed by atoms with Crippen molar-refractivity contribution < 1.29 is 9.53 Å². The molecule has 4 heteroatoms. The monoisotopic (exact) mass is 294 g/mol. The summed E-state index contributed by atoms with van der Waals surface area (Å²) in [4.78, 5) is 16.7. The molecule has 0 unspecified atom stereocenters. The lowest BCUT2D eigenvalue weighted by atomic mass is 9.97. The van der Waals surface area contributed by atoms with Crippen molar-refractivity contribution in [1.82, 2.24) is 4.90 Å². The van der Waals surface area contributed by atoms with E-state index < -0.39 is 0 Å². The van der Waals surface area contributed by atoms with Gasteiger partial charge >= 0.3 is 0 Å². The van der Waals surface area contributed by atoms with Gasteiger partial charge in [0.25, 0.3) is 6.02 Å². The molecule has 1 heterocycles. The Balaban J connectivity index is 2.09. The smallest absolute Gasteiger partial charge is 0.295 e. The van der Waals surface area contributed by atoms with Crippen LogP contribution in [0.15, 0.2) is 53.5 Å². The van der Waals surface area contributed by atoms with E-state index >= 15 is 0 Å². The van der Waals surface area contributed by atoms with Gasteiger partial charge in [-0.25, -0.2) is 0 Å². The fourth-order valence-electron chi connectivity index (χ4n) is 2.83. The maximum Gasteiger partial charge on any atom is 0.295 e. The summed E-state index contributed by atoms with van der Waals surface area (Å²) in [6.07, 6.45) is 0.535. The van der Waals surface area contributed by atoms with Gasteiger partial charge in [-0.3, -0.25) is 4.79 Å². The normalized spacial score (nSPS) is 13.9. The molecule has 0 N–H and O–H groups in total. The van der Waals surface area contributed by atoms with Crippen LogP contribution in [0, 0.1) is 0 Å². The number of amidine groups is 1. The topological polar surface area (TPSA) is 41.9 Å². The third kappa shape index (κ3) is 2.72. The highest BCUT2D eigenvalue weighted by molar-refractivity contribution is 5.82. The number of benzene rings is 2. The first-order valence-corrected chi connectivity index (χ1v) is 7.39. The molecule has 22 heavy (non-hydrogen) atoms. The van der Waals surface area contributed by atoms with Gasteiger partial charge in [-0.05, 0) is 29.2 Å². The number of hydrogen-bond acceptors (Lipinski definition) is 2. The summed E-state index contributed by atoms with van der Waals surface area (Å²) in [5, 5.41) is 0. The van der Waals surface area contributed by atoms with Crippen LogP contribution in [0.4, 0.5) is 0 Å². The number of aliphatic imine (C=N–C) groups is 1. The molecule has 0 saturated heterocycles. The van der Waals surface area contributed by atoms with Crippen LogP contribution in [0.2, 0.25) is 0 Å². The van der Waals surface area contributed by atoms with Crippen molar-refractivity contribution in [2.75, 3.05) is 6.61 Å². The van der Waals surface area contributed by atoms with Gasteiger partial charge in [-0.2, -0.15) is 4.99 Å². The van der Waals surface area contributed by atoms with Crippen LogP contribution in [0.5, 0.6) is 0 Å². The summed E-state index contributed by atoms with van der Waals surface area (Å²) >= 11 is 0. The zero-order valence-corrected chi connectivity index (χ0v) is 12.5. The summed E-state index contributed by atoms with van der Waals surface area (Å²) in [6.45, 7) is 3.70. The Bertz CT molecular complexity index is 662. The Morgan fingerprint density at radius 1 is 1.09 bits per heavy atom. The molecule has 1 aliphatic heterocycles. The molecule has 1 amide bonds. The summed E-state index contributed by atoms with van der Waals surface area (Å²) in [6, 6.07) is 17.0. The van der Waals surface area contributed by atoms with Crippen LogP contribution in [0.1, 0.15) is 18.1 Å². The summed E-state index contributed by atoms with van der Waals surface area (Å²) in [5.41, 5.74) is 4.85. The van der Waals surface area contributed by atoms with Crippen molar-refractivity contribution in [3.63, 3.8) is 0 Å². The van der Waals surface area contributed by atoms with Gasteiger partial charge in [-0.1, -0.05) is 48.5 Å². The molecule has 0 spiro atoms. The molecular formula is C18H18N2O2. The van der Waals surface area contributed by atoms with Gasteiger partial charge in [-0.15, -0.1) is 0 Å². The number of fused-ring (bicyclic) bond motifs is 3. The molecular weight excluding hydrogens is 276 g/mol. The first-order chi connectivity index (χ1) is 10.8. The predicted molar refractivity (Wildman–Crippen MR) is 86.3 cm³/mol. The number of carbonyl (C=O) groups is 1. The Morgan fingerprint density at radius 2 is 1.64 bits per heavy atom. The van der Waals surface area contributed by atoms with Crippen LogP contribution in [0.3, 0.4) is 0 Å². The third-order valence-electron chi connectivity index (χ3n) is 3.75. The van der Waals surface area contributed by atoms with E-state index in [2.05, 4.69) is 29.3 Å². The van der Waals surface area contributed by atoms with Crippen molar-refractivity contribution in [2.45, 2.75) is 20.0 Å². The van der Waals surface area contributed by atoms with Crippen LogP contribution in [-0.2, 0) is 22.6 Å². The molecule has 112 valence electrons. The molecule has 0 atom stereocenters. The lowest BCUT2D eigenvalue weighted by molar-refractivity contribution is -0.106.